The standard InChI is InChI=1S/C23H21ClN4O4S2/c1-30-16-10-14(11-17(31-2)20(16)32-3)21-27-19(13-4-6-15(24)7-5-13)22(28-21)34-12-18(29)26-23-25-8-9-33-23/h4-11H,12H2,1-3H3,(H,27,28)(H,25,26,29). The summed E-state index contributed by atoms with van der Waals surface area (Å²) >= 11 is 8.76. The van der Waals surface area contributed by atoms with Gasteiger partial charge in [-0.3, -0.25) is 4.79 Å². The van der Waals surface area contributed by atoms with Crippen molar-refractivity contribution in [3.05, 3.63) is 53.0 Å². The van der Waals surface area contributed by atoms with E-state index in [1.54, 1.807) is 45.0 Å². The molecule has 4 rings (SSSR count). The molecule has 0 radical (unpaired) electrons. The van der Waals surface area contributed by atoms with Crippen LogP contribution in [0, 0.1) is 0 Å². The first-order valence-electron chi connectivity index (χ1n) is 10.0. The van der Waals surface area contributed by atoms with Crippen LogP contribution in [0.1, 0.15) is 0 Å². The Morgan fingerprint density at radius 1 is 1.09 bits per heavy atom. The number of amides is 1. The van der Waals surface area contributed by atoms with E-state index in [0.29, 0.717) is 38.3 Å². The van der Waals surface area contributed by atoms with E-state index >= 15 is 0 Å². The lowest BCUT2D eigenvalue weighted by molar-refractivity contribution is -0.113. The lowest BCUT2D eigenvalue weighted by Gasteiger charge is -2.13. The number of carbonyl (C=O) groups excluding carboxylic acids is 1. The molecule has 8 nitrogen and oxygen atoms in total. The highest BCUT2D eigenvalue weighted by Gasteiger charge is 2.19. The largest absolute Gasteiger partial charge is 0.493 e. The number of thiazole rings is 1. The maximum atomic E-state index is 12.4. The Labute approximate surface area is 209 Å². The number of nitrogens with zero attached hydrogens (tertiary/aromatic N) is 2. The number of anilines is 1. The van der Waals surface area contributed by atoms with E-state index in [4.69, 9.17) is 30.8 Å². The van der Waals surface area contributed by atoms with Gasteiger partial charge in [0.05, 0.1) is 32.8 Å². The summed E-state index contributed by atoms with van der Waals surface area (Å²) in [7, 11) is 4.67. The first-order chi connectivity index (χ1) is 16.5. The topological polar surface area (TPSA) is 98.4 Å². The van der Waals surface area contributed by atoms with E-state index < -0.39 is 0 Å². The number of rotatable bonds is 9. The fraction of sp³-hybridized carbons (Fsp3) is 0.174. The van der Waals surface area contributed by atoms with Crippen molar-refractivity contribution in [2.45, 2.75) is 5.03 Å². The first kappa shape index (κ1) is 23.9. The Bertz CT molecular complexity index is 1250. The molecule has 2 heterocycles. The Kier molecular flexibility index (Phi) is 7.61. The van der Waals surface area contributed by atoms with Gasteiger partial charge in [-0.05, 0) is 24.3 Å². The Balaban J connectivity index is 1.69. The highest BCUT2D eigenvalue weighted by atomic mass is 35.5. The van der Waals surface area contributed by atoms with Crippen molar-refractivity contribution in [2.24, 2.45) is 0 Å². The Hall–Kier alpha value is -3.21. The number of methoxy groups -OCH3 is 3. The van der Waals surface area contributed by atoms with Gasteiger partial charge in [0, 0.05) is 27.7 Å². The average Bonchev–Trinajstić information content (AvgIpc) is 3.52. The second-order valence-electron chi connectivity index (χ2n) is 6.86. The number of aromatic amines is 1. The van der Waals surface area contributed by atoms with Gasteiger partial charge >= 0.3 is 0 Å². The van der Waals surface area contributed by atoms with Gasteiger partial charge < -0.3 is 24.5 Å². The molecular weight excluding hydrogens is 496 g/mol. The zero-order chi connectivity index (χ0) is 24.1. The van der Waals surface area contributed by atoms with Crippen LogP contribution in [0.3, 0.4) is 0 Å². The van der Waals surface area contributed by atoms with Gasteiger partial charge in [-0.1, -0.05) is 35.5 Å². The second kappa shape index (κ2) is 10.8. The van der Waals surface area contributed by atoms with Crippen molar-refractivity contribution in [1.29, 1.82) is 0 Å². The number of hydrogen-bond donors (Lipinski definition) is 2. The summed E-state index contributed by atoms with van der Waals surface area (Å²) in [5, 5.41) is 6.45. The van der Waals surface area contributed by atoms with Gasteiger partial charge in [-0.25, -0.2) is 9.97 Å². The third-order valence-corrected chi connectivity index (χ3v) is 6.68. The Morgan fingerprint density at radius 2 is 1.79 bits per heavy atom. The van der Waals surface area contributed by atoms with Crippen molar-refractivity contribution in [2.75, 3.05) is 32.4 Å². The van der Waals surface area contributed by atoms with Crippen molar-refractivity contribution < 1.29 is 19.0 Å². The summed E-state index contributed by atoms with van der Waals surface area (Å²) in [4.78, 5) is 24.7. The fourth-order valence-electron chi connectivity index (χ4n) is 3.20. The molecule has 0 spiro atoms. The summed E-state index contributed by atoms with van der Waals surface area (Å²) in [5.74, 6) is 2.11. The predicted octanol–water partition coefficient (Wildman–Crippen LogP) is 5.61. The molecule has 0 aliphatic heterocycles. The minimum Gasteiger partial charge on any atom is -0.493 e. The zero-order valence-electron chi connectivity index (χ0n) is 18.5. The smallest absolute Gasteiger partial charge is 0.236 e. The number of thioether (sulfide) groups is 1. The van der Waals surface area contributed by atoms with Gasteiger partial charge in [0.15, 0.2) is 16.6 Å². The number of nitrogens with one attached hydrogen (secondary N) is 2. The number of carbonyl (C=O) groups is 1. The molecule has 11 heteroatoms. The van der Waals surface area contributed by atoms with Crippen molar-refractivity contribution in [3.63, 3.8) is 0 Å². The van der Waals surface area contributed by atoms with E-state index in [1.165, 1.54) is 23.1 Å². The summed E-state index contributed by atoms with van der Waals surface area (Å²) < 4.78 is 16.4. The van der Waals surface area contributed by atoms with Crippen LogP contribution >= 0.6 is 34.7 Å². The summed E-state index contributed by atoms with van der Waals surface area (Å²) in [5.41, 5.74) is 2.40. The lowest BCUT2D eigenvalue weighted by Crippen LogP contribution is -2.13. The molecule has 0 bridgehead atoms. The first-order valence-corrected chi connectivity index (χ1v) is 12.2. The van der Waals surface area contributed by atoms with Crippen LogP contribution in [0.15, 0.2) is 53.0 Å². The van der Waals surface area contributed by atoms with Crippen LogP contribution in [0.4, 0.5) is 5.13 Å². The molecule has 0 atom stereocenters. The van der Waals surface area contributed by atoms with E-state index in [-0.39, 0.29) is 11.7 Å². The zero-order valence-corrected chi connectivity index (χ0v) is 20.9. The minimum absolute atomic E-state index is 0.166. The number of benzene rings is 2. The normalized spacial score (nSPS) is 10.7. The average molecular weight is 517 g/mol. The molecule has 2 N–H and O–H groups in total. The van der Waals surface area contributed by atoms with Crippen LogP contribution in [0.2, 0.25) is 5.02 Å². The molecule has 2 aromatic heterocycles. The SMILES string of the molecule is COc1cc(-c2nc(SCC(=O)Nc3nccs3)c(-c3ccc(Cl)cc3)[nH]2)cc(OC)c1OC. The van der Waals surface area contributed by atoms with E-state index in [9.17, 15) is 4.79 Å². The van der Waals surface area contributed by atoms with E-state index in [0.717, 1.165) is 16.8 Å². The van der Waals surface area contributed by atoms with Gasteiger partial charge in [0.1, 0.15) is 10.9 Å². The third-order valence-electron chi connectivity index (χ3n) is 4.76. The van der Waals surface area contributed by atoms with E-state index in [1.807, 2.05) is 24.3 Å². The number of ether oxygens (including phenoxy) is 3. The van der Waals surface area contributed by atoms with E-state index in [2.05, 4.69) is 15.3 Å². The molecule has 0 aliphatic carbocycles. The highest BCUT2D eigenvalue weighted by Crippen LogP contribution is 2.42. The molecular formula is C23H21ClN4O4S2. The van der Waals surface area contributed by atoms with Crippen LogP contribution in [-0.4, -0.2) is 47.9 Å². The number of aromatic nitrogens is 3. The highest BCUT2D eigenvalue weighted by molar-refractivity contribution is 8.00. The minimum atomic E-state index is -0.167. The molecule has 1 amide bonds. The van der Waals surface area contributed by atoms with Gasteiger partial charge in [-0.2, -0.15) is 0 Å². The number of H-pyrrole nitrogens is 1. The maximum absolute atomic E-state index is 12.4. The van der Waals surface area contributed by atoms with Crippen molar-refractivity contribution in [1.82, 2.24) is 15.0 Å². The molecule has 0 saturated heterocycles. The maximum Gasteiger partial charge on any atom is 0.236 e. The predicted molar refractivity (Wildman–Crippen MR) is 136 cm³/mol. The molecule has 4 aromatic rings. The number of hydrogen-bond acceptors (Lipinski definition) is 8. The second-order valence-corrected chi connectivity index (χ2v) is 9.16. The number of imidazole rings is 1. The van der Waals surface area contributed by atoms with Crippen molar-refractivity contribution in [3.8, 4) is 39.9 Å². The molecule has 0 saturated carbocycles. The van der Waals surface area contributed by atoms with Gasteiger partial charge in [0.2, 0.25) is 11.7 Å². The molecule has 2 aromatic carbocycles. The van der Waals surface area contributed by atoms with Crippen LogP contribution < -0.4 is 19.5 Å². The number of halogens is 1. The summed E-state index contributed by atoms with van der Waals surface area (Å²) in [6, 6.07) is 11.0. The van der Waals surface area contributed by atoms with Crippen molar-refractivity contribution >= 4 is 45.7 Å². The lowest BCUT2D eigenvalue weighted by atomic mass is 10.1. The van der Waals surface area contributed by atoms with Gasteiger partial charge in [-0.15, -0.1) is 11.3 Å². The summed E-state index contributed by atoms with van der Waals surface area (Å²) in [6.07, 6.45) is 1.64. The van der Waals surface area contributed by atoms with Gasteiger partial charge in [0.25, 0.3) is 0 Å². The molecule has 176 valence electrons. The fourth-order valence-corrected chi connectivity index (χ4v) is 4.68. The van der Waals surface area contributed by atoms with Crippen LogP contribution in [0.25, 0.3) is 22.6 Å². The Morgan fingerprint density at radius 3 is 2.38 bits per heavy atom. The summed E-state index contributed by atoms with van der Waals surface area (Å²) in [6.45, 7) is 0. The monoisotopic (exact) mass is 516 g/mol. The third kappa shape index (κ3) is 5.30. The molecule has 34 heavy (non-hydrogen) atoms. The van der Waals surface area contributed by atoms with Crippen LogP contribution in [-0.2, 0) is 4.79 Å². The van der Waals surface area contributed by atoms with Crippen LogP contribution in [0.5, 0.6) is 17.2 Å². The molecule has 0 unspecified atom stereocenters. The molecule has 0 aliphatic rings. The quantitative estimate of drug-likeness (QED) is 0.279. The molecule has 0 fully saturated rings.